The van der Waals surface area contributed by atoms with Crippen molar-refractivity contribution < 1.29 is 14.1 Å². The van der Waals surface area contributed by atoms with Crippen molar-refractivity contribution in [3.63, 3.8) is 0 Å². The van der Waals surface area contributed by atoms with Crippen molar-refractivity contribution in [2.45, 2.75) is 6.92 Å². The van der Waals surface area contributed by atoms with Crippen LogP contribution in [0, 0.1) is 6.92 Å². The Labute approximate surface area is 164 Å². The van der Waals surface area contributed by atoms with Crippen LogP contribution in [0.15, 0.2) is 52.2 Å². The Kier molecular flexibility index (Phi) is 4.13. The third-order valence-electron chi connectivity index (χ3n) is 4.29. The summed E-state index contributed by atoms with van der Waals surface area (Å²) in [5, 5.41) is 15.0. The monoisotopic (exact) mass is 389 g/mol. The molecule has 0 spiro atoms. The van der Waals surface area contributed by atoms with Gasteiger partial charge in [-0.25, -0.2) is 9.61 Å². The molecule has 144 valence electrons. The molecule has 2 aromatic carbocycles. The van der Waals surface area contributed by atoms with Gasteiger partial charge < -0.3 is 14.8 Å². The summed E-state index contributed by atoms with van der Waals surface area (Å²) in [4.78, 5) is 8.82. The summed E-state index contributed by atoms with van der Waals surface area (Å²) >= 11 is 0. The first kappa shape index (κ1) is 16.9. The van der Waals surface area contributed by atoms with Crippen molar-refractivity contribution in [3.05, 3.63) is 53.6 Å². The molecule has 0 atom stereocenters. The third-order valence-corrected chi connectivity index (χ3v) is 4.29. The van der Waals surface area contributed by atoms with Gasteiger partial charge in [0.2, 0.25) is 18.1 Å². The fourth-order valence-corrected chi connectivity index (χ4v) is 2.81. The van der Waals surface area contributed by atoms with E-state index < -0.39 is 0 Å². The number of para-hydroxylation sites is 1. The summed E-state index contributed by atoms with van der Waals surface area (Å²) in [6.07, 6.45) is 1.65. The van der Waals surface area contributed by atoms with Crippen LogP contribution in [0.4, 0.5) is 17.3 Å². The molecule has 3 heterocycles. The zero-order chi connectivity index (χ0) is 19.6. The maximum Gasteiger partial charge on any atom is 0.245 e. The molecule has 2 aromatic heterocycles. The van der Waals surface area contributed by atoms with Crippen molar-refractivity contribution in [3.8, 4) is 11.5 Å². The molecule has 10 heteroatoms. The highest BCUT2D eigenvalue weighted by molar-refractivity contribution is 5.83. The van der Waals surface area contributed by atoms with E-state index in [9.17, 15) is 0 Å². The number of ether oxygens (including phenoxy) is 2. The van der Waals surface area contributed by atoms with E-state index in [-0.39, 0.29) is 12.4 Å². The van der Waals surface area contributed by atoms with Crippen LogP contribution in [0.25, 0.3) is 11.3 Å². The van der Waals surface area contributed by atoms with Gasteiger partial charge in [0.15, 0.2) is 23.1 Å². The van der Waals surface area contributed by atoms with Crippen LogP contribution < -0.4 is 20.2 Å². The molecule has 29 heavy (non-hydrogen) atoms. The number of nitrogens with one attached hydrogen (secondary N) is 2. The van der Waals surface area contributed by atoms with Crippen LogP contribution in [0.2, 0.25) is 0 Å². The molecule has 10 nitrogen and oxygen atoms in total. The Hall–Kier alpha value is -4.21. The number of benzene rings is 2. The summed E-state index contributed by atoms with van der Waals surface area (Å²) < 4.78 is 15.4. The van der Waals surface area contributed by atoms with E-state index in [0.29, 0.717) is 23.0 Å². The second kappa shape index (κ2) is 7.08. The van der Waals surface area contributed by atoms with Gasteiger partial charge in [-0.1, -0.05) is 18.2 Å². The van der Waals surface area contributed by atoms with Gasteiger partial charge in [-0.2, -0.15) is 10.1 Å². The van der Waals surface area contributed by atoms with Crippen LogP contribution in [0.5, 0.6) is 11.5 Å². The van der Waals surface area contributed by atoms with Crippen molar-refractivity contribution in [2.24, 2.45) is 5.10 Å². The van der Waals surface area contributed by atoms with Crippen molar-refractivity contribution >= 4 is 34.8 Å². The zero-order valence-corrected chi connectivity index (χ0v) is 15.3. The van der Waals surface area contributed by atoms with Gasteiger partial charge in [0.1, 0.15) is 0 Å². The average molecular weight is 389 g/mol. The molecule has 0 amide bonds. The lowest BCUT2D eigenvalue weighted by molar-refractivity contribution is 0.174. The maximum atomic E-state index is 5.38. The molecule has 4 aromatic rings. The lowest BCUT2D eigenvalue weighted by atomic mass is 10.2. The first-order valence-corrected chi connectivity index (χ1v) is 8.78. The standard InChI is InChI=1S/C19H15N7O3/c1-11-4-2-3-5-13(11)21-16-17(23-19-18(22-16)25-29-26-19)24-20-9-12-6-7-14-15(8-12)28-10-27-14/h2-9H,10H2,1H3,(H,21,22,25)(H,23,24,26)/b20-9+. The van der Waals surface area contributed by atoms with Gasteiger partial charge in [-0.15, -0.1) is 0 Å². The fraction of sp³-hybridized carbons (Fsp3) is 0.105. The molecular formula is C19H15N7O3. The highest BCUT2D eigenvalue weighted by Crippen LogP contribution is 2.32. The van der Waals surface area contributed by atoms with Crippen LogP contribution in [0.3, 0.4) is 0 Å². The normalized spacial score (nSPS) is 12.6. The van der Waals surface area contributed by atoms with Gasteiger partial charge in [0.25, 0.3) is 0 Å². The molecule has 1 aliphatic rings. The predicted molar refractivity (Wildman–Crippen MR) is 106 cm³/mol. The highest BCUT2D eigenvalue weighted by Gasteiger charge is 2.14. The summed E-state index contributed by atoms with van der Waals surface area (Å²) in [6.45, 7) is 2.22. The minimum absolute atomic E-state index is 0.226. The van der Waals surface area contributed by atoms with Crippen molar-refractivity contribution in [2.75, 3.05) is 17.5 Å². The number of hydrogen-bond acceptors (Lipinski definition) is 10. The Morgan fingerprint density at radius 3 is 2.62 bits per heavy atom. The molecule has 0 saturated heterocycles. The quantitative estimate of drug-likeness (QED) is 0.391. The topological polar surface area (TPSA) is 120 Å². The summed E-state index contributed by atoms with van der Waals surface area (Å²) in [6, 6.07) is 13.4. The number of aromatic nitrogens is 4. The Morgan fingerprint density at radius 1 is 0.966 bits per heavy atom. The second-order valence-corrected chi connectivity index (χ2v) is 6.25. The largest absolute Gasteiger partial charge is 0.454 e. The SMILES string of the molecule is Cc1ccccc1Nc1nc2nonc2nc1N/N=C/c1ccc2c(c1)OCO2. The van der Waals surface area contributed by atoms with Gasteiger partial charge in [0, 0.05) is 5.69 Å². The van der Waals surface area contributed by atoms with Crippen molar-refractivity contribution in [1.29, 1.82) is 0 Å². The smallest absolute Gasteiger partial charge is 0.245 e. The van der Waals surface area contributed by atoms with Crippen LogP contribution >= 0.6 is 0 Å². The summed E-state index contributed by atoms with van der Waals surface area (Å²) in [7, 11) is 0. The molecule has 1 aliphatic heterocycles. The second-order valence-electron chi connectivity index (χ2n) is 6.25. The Balaban J connectivity index is 1.43. The molecule has 0 bridgehead atoms. The van der Waals surface area contributed by atoms with Gasteiger partial charge in [-0.05, 0) is 52.6 Å². The first-order valence-electron chi connectivity index (χ1n) is 8.78. The van der Waals surface area contributed by atoms with E-state index in [1.165, 1.54) is 0 Å². The van der Waals surface area contributed by atoms with Gasteiger partial charge in [0.05, 0.1) is 6.21 Å². The van der Waals surface area contributed by atoms with Crippen LogP contribution in [0.1, 0.15) is 11.1 Å². The van der Waals surface area contributed by atoms with E-state index in [4.69, 9.17) is 14.1 Å². The van der Waals surface area contributed by atoms with Crippen molar-refractivity contribution in [1.82, 2.24) is 20.3 Å². The molecule has 0 aliphatic carbocycles. The van der Waals surface area contributed by atoms with E-state index in [2.05, 4.69) is 36.1 Å². The predicted octanol–water partition coefficient (Wildman–Crippen LogP) is 3.24. The number of nitrogens with zero attached hydrogens (tertiary/aromatic N) is 5. The lowest BCUT2D eigenvalue weighted by Crippen LogP contribution is -2.04. The molecule has 0 fully saturated rings. The number of hydrazone groups is 1. The lowest BCUT2D eigenvalue weighted by Gasteiger charge is -2.11. The van der Waals surface area contributed by atoms with Gasteiger partial charge >= 0.3 is 0 Å². The van der Waals surface area contributed by atoms with E-state index in [1.54, 1.807) is 6.21 Å². The average Bonchev–Trinajstić information content (AvgIpc) is 3.38. The van der Waals surface area contributed by atoms with E-state index >= 15 is 0 Å². The van der Waals surface area contributed by atoms with Crippen LogP contribution in [-0.4, -0.2) is 33.3 Å². The molecule has 5 rings (SSSR count). The molecule has 0 radical (unpaired) electrons. The minimum atomic E-state index is 0.226. The molecule has 0 saturated carbocycles. The maximum absolute atomic E-state index is 5.38. The molecule has 0 unspecified atom stereocenters. The Morgan fingerprint density at radius 2 is 1.76 bits per heavy atom. The van der Waals surface area contributed by atoms with E-state index in [1.807, 2.05) is 49.4 Å². The van der Waals surface area contributed by atoms with E-state index in [0.717, 1.165) is 22.6 Å². The van der Waals surface area contributed by atoms with Crippen LogP contribution in [-0.2, 0) is 0 Å². The molecular weight excluding hydrogens is 374 g/mol. The summed E-state index contributed by atoms with van der Waals surface area (Å²) in [5.41, 5.74) is 6.27. The number of aryl methyl sites for hydroxylation is 1. The first-order chi connectivity index (χ1) is 14.3. The molecule has 2 N–H and O–H groups in total. The fourth-order valence-electron chi connectivity index (χ4n) is 2.81. The number of anilines is 3. The number of rotatable bonds is 5. The summed E-state index contributed by atoms with van der Waals surface area (Å²) in [5.74, 6) is 2.24. The zero-order valence-electron chi connectivity index (χ0n) is 15.3. The highest BCUT2D eigenvalue weighted by atomic mass is 16.7. The Bertz CT molecular complexity index is 1220. The minimum Gasteiger partial charge on any atom is -0.454 e. The number of hydrogen-bond donors (Lipinski definition) is 2. The number of fused-ring (bicyclic) bond motifs is 2. The third kappa shape index (κ3) is 3.38. The van der Waals surface area contributed by atoms with Gasteiger partial charge in [-0.3, -0.25) is 5.43 Å².